The van der Waals surface area contributed by atoms with Crippen LogP contribution in [0, 0.1) is 0 Å². The summed E-state index contributed by atoms with van der Waals surface area (Å²) in [5, 5.41) is 9.17. The fourth-order valence-electron chi connectivity index (χ4n) is 3.35. The standard InChI is InChI=1S/C21H28N4O.HI/c1-2-22-21(23-13-7-15-25-14-6-12-20(25)26)24-16-18-10-5-9-17-8-3-4-11-19(17)18;/h3-5,8-11H,2,6-7,12-16H2,1H3,(H2,22,23,24);1H. The maximum Gasteiger partial charge on any atom is 0.222 e. The van der Waals surface area contributed by atoms with Gasteiger partial charge >= 0.3 is 0 Å². The average Bonchev–Trinajstić information content (AvgIpc) is 3.08. The van der Waals surface area contributed by atoms with Crippen molar-refractivity contribution in [2.75, 3.05) is 26.2 Å². The highest BCUT2D eigenvalue weighted by molar-refractivity contribution is 14.0. The molecule has 27 heavy (non-hydrogen) atoms. The van der Waals surface area contributed by atoms with E-state index in [1.807, 2.05) is 4.90 Å². The highest BCUT2D eigenvalue weighted by Gasteiger charge is 2.18. The van der Waals surface area contributed by atoms with E-state index in [-0.39, 0.29) is 24.0 Å². The predicted octanol–water partition coefficient (Wildman–Crippen LogP) is 3.53. The van der Waals surface area contributed by atoms with Crippen molar-refractivity contribution in [1.82, 2.24) is 15.5 Å². The van der Waals surface area contributed by atoms with Crippen LogP contribution in [0.4, 0.5) is 0 Å². The Labute approximate surface area is 178 Å². The number of hydrogen-bond acceptors (Lipinski definition) is 2. The first-order chi connectivity index (χ1) is 12.8. The molecule has 1 heterocycles. The molecule has 6 heteroatoms. The number of amides is 1. The molecule has 0 unspecified atom stereocenters. The Bertz CT molecular complexity index is 772. The number of halogens is 1. The molecule has 2 N–H and O–H groups in total. The Morgan fingerprint density at radius 3 is 2.74 bits per heavy atom. The van der Waals surface area contributed by atoms with Crippen molar-refractivity contribution in [1.29, 1.82) is 0 Å². The molecule has 0 atom stereocenters. The number of likely N-dealkylation sites (tertiary alicyclic amines) is 1. The molecule has 3 rings (SSSR count). The van der Waals surface area contributed by atoms with Gasteiger partial charge < -0.3 is 15.5 Å². The van der Waals surface area contributed by atoms with Gasteiger partial charge in [-0.1, -0.05) is 42.5 Å². The lowest BCUT2D eigenvalue weighted by Gasteiger charge is -2.16. The molecule has 1 aliphatic heterocycles. The van der Waals surface area contributed by atoms with E-state index in [1.165, 1.54) is 16.3 Å². The smallest absolute Gasteiger partial charge is 0.222 e. The van der Waals surface area contributed by atoms with Crippen molar-refractivity contribution in [2.24, 2.45) is 4.99 Å². The molecule has 0 saturated carbocycles. The minimum Gasteiger partial charge on any atom is -0.357 e. The Morgan fingerprint density at radius 2 is 1.96 bits per heavy atom. The minimum absolute atomic E-state index is 0. The molecule has 0 spiro atoms. The molecule has 5 nitrogen and oxygen atoms in total. The quantitative estimate of drug-likeness (QED) is 0.276. The molecule has 1 saturated heterocycles. The van der Waals surface area contributed by atoms with Crippen molar-refractivity contribution in [3.63, 3.8) is 0 Å². The third-order valence-electron chi connectivity index (χ3n) is 4.70. The van der Waals surface area contributed by atoms with E-state index in [0.29, 0.717) is 18.9 Å². The lowest BCUT2D eigenvalue weighted by atomic mass is 10.1. The Hall–Kier alpha value is -1.83. The zero-order valence-electron chi connectivity index (χ0n) is 15.9. The monoisotopic (exact) mass is 480 g/mol. The summed E-state index contributed by atoms with van der Waals surface area (Å²) < 4.78 is 0. The molecular weight excluding hydrogens is 451 g/mol. The maximum atomic E-state index is 11.6. The normalized spacial score (nSPS) is 14.3. The van der Waals surface area contributed by atoms with Crippen molar-refractivity contribution in [3.05, 3.63) is 48.0 Å². The van der Waals surface area contributed by atoms with Crippen LogP contribution < -0.4 is 10.6 Å². The van der Waals surface area contributed by atoms with E-state index in [2.05, 4.69) is 60.0 Å². The van der Waals surface area contributed by atoms with Gasteiger partial charge in [0.05, 0.1) is 6.54 Å². The fourth-order valence-corrected chi connectivity index (χ4v) is 3.35. The van der Waals surface area contributed by atoms with Crippen LogP contribution in [0.2, 0.25) is 0 Å². The molecule has 2 aromatic carbocycles. The summed E-state index contributed by atoms with van der Waals surface area (Å²) in [6.45, 7) is 6.08. The SMILES string of the molecule is CCNC(=NCc1cccc2ccccc12)NCCCN1CCCC1=O.I. The minimum atomic E-state index is 0. The summed E-state index contributed by atoms with van der Waals surface area (Å²) in [5.41, 5.74) is 1.22. The number of carbonyl (C=O) groups excluding carboxylic acids is 1. The number of carbonyl (C=O) groups is 1. The molecule has 1 aliphatic rings. The van der Waals surface area contributed by atoms with Crippen LogP contribution in [0.5, 0.6) is 0 Å². The first kappa shape index (κ1) is 21.5. The number of nitrogens with zero attached hydrogens (tertiary/aromatic N) is 2. The van der Waals surface area contributed by atoms with Crippen molar-refractivity contribution in [2.45, 2.75) is 32.7 Å². The Morgan fingerprint density at radius 1 is 1.15 bits per heavy atom. The maximum absolute atomic E-state index is 11.6. The second kappa shape index (κ2) is 11.1. The van der Waals surface area contributed by atoms with Crippen molar-refractivity contribution < 1.29 is 4.79 Å². The van der Waals surface area contributed by atoms with Gasteiger partial charge in [-0.15, -0.1) is 24.0 Å². The Kier molecular flexibility index (Phi) is 8.84. The lowest BCUT2D eigenvalue weighted by molar-refractivity contribution is -0.127. The first-order valence-electron chi connectivity index (χ1n) is 9.54. The third-order valence-corrected chi connectivity index (χ3v) is 4.70. The van der Waals surface area contributed by atoms with Crippen LogP contribution in [0.25, 0.3) is 10.8 Å². The summed E-state index contributed by atoms with van der Waals surface area (Å²) in [4.78, 5) is 18.3. The van der Waals surface area contributed by atoms with Crippen LogP contribution >= 0.6 is 24.0 Å². The molecule has 0 radical (unpaired) electrons. The van der Waals surface area contributed by atoms with Crippen molar-refractivity contribution in [3.8, 4) is 0 Å². The second-order valence-electron chi connectivity index (χ2n) is 6.60. The van der Waals surface area contributed by atoms with Crippen LogP contribution in [0.3, 0.4) is 0 Å². The van der Waals surface area contributed by atoms with E-state index in [0.717, 1.165) is 45.0 Å². The zero-order valence-corrected chi connectivity index (χ0v) is 18.2. The molecule has 1 amide bonds. The topological polar surface area (TPSA) is 56.7 Å². The Balaban J connectivity index is 0.00000261. The van der Waals surface area contributed by atoms with Gasteiger partial charge in [-0.05, 0) is 36.1 Å². The van der Waals surface area contributed by atoms with Gasteiger partial charge in [0.2, 0.25) is 5.91 Å². The number of hydrogen-bond donors (Lipinski definition) is 2. The number of nitrogens with one attached hydrogen (secondary N) is 2. The lowest BCUT2D eigenvalue weighted by Crippen LogP contribution is -2.39. The zero-order chi connectivity index (χ0) is 18.2. The summed E-state index contributed by atoms with van der Waals surface area (Å²) in [6, 6.07) is 14.8. The van der Waals surface area contributed by atoms with Gasteiger partial charge in [-0.2, -0.15) is 0 Å². The fraction of sp³-hybridized carbons (Fsp3) is 0.429. The van der Waals surface area contributed by atoms with Crippen LogP contribution in [0.15, 0.2) is 47.5 Å². The molecule has 1 fully saturated rings. The molecular formula is C21H29IN4O. The third kappa shape index (κ3) is 6.09. The van der Waals surface area contributed by atoms with Gasteiger partial charge in [0.15, 0.2) is 5.96 Å². The number of guanidine groups is 1. The van der Waals surface area contributed by atoms with E-state index in [4.69, 9.17) is 4.99 Å². The predicted molar refractivity (Wildman–Crippen MR) is 123 cm³/mol. The second-order valence-corrected chi connectivity index (χ2v) is 6.60. The van der Waals surface area contributed by atoms with Crippen molar-refractivity contribution >= 4 is 46.6 Å². The van der Waals surface area contributed by atoms with Gasteiger partial charge in [0.25, 0.3) is 0 Å². The highest BCUT2D eigenvalue weighted by Crippen LogP contribution is 2.19. The van der Waals surface area contributed by atoms with E-state index >= 15 is 0 Å². The molecule has 2 aromatic rings. The van der Waals surface area contributed by atoms with Crippen LogP contribution in [0.1, 0.15) is 31.7 Å². The number of aliphatic imine (C=N–C) groups is 1. The number of benzene rings is 2. The average molecular weight is 480 g/mol. The van der Waals surface area contributed by atoms with E-state index < -0.39 is 0 Å². The van der Waals surface area contributed by atoms with Crippen LogP contribution in [-0.4, -0.2) is 42.9 Å². The molecule has 0 aliphatic carbocycles. The molecule has 146 valence electrons. The van der Waals surface area contributed by atoms with E-state index in [9.17, 15) is 4.79 Å². The molecule has 0 aromatic heterocycles. The summed E-state index contributed by atoms with van der Waals surface area (Å²) in [7, 11) is 0. The van der Waals surface area contributed by atoms with Crippen LogP contribution in [-0.2, 0) is 11.3 Å². The highest BCUT2D eigenvalue weighted by atomic mass is 127. The number of fused-ring (bicyclic) bond motifs is 1. The first-order valence-corrected chi connectivity index (χ1v) is 9.54. The number of rotatable bonds is 7. The summed E-state index contributed by atoms with van der Waals surface area (Å²) in [5.74, 6) is 1.12. The largest absolute Gasteiger partial charge is 0.357 e. The van der Waals surface area contributed by atoms with E-state index in [1.54, 1.807) is 0 Å². The van der Waals surface area contributed by atoms with Gasteiger partial charge in [0, 0.05) is 32.6 Å². The molecule has 0 bridgehead atoms. The summed E-state index contributed by atoms with van der Waals surface area (Å²) in [6.07, 6.45) is 2.65. The van der Waals surface area contributed by atoms with Gasteiger partial charge in [-0.3, -0.25) is 4.79 Å². The van der Waals surface area contributed by atoms with Gasteiger partial charge in [-0.25, -0.2) is 4.99 Å². The summed E-state index contributed by atoms with van der Waals surface area (Å²) >= 11 is 0. The van der Waals surface area contributed by atoms with Gasteiger partial charge in [0.1, 0.15) is 0 Å².